The topological polar surface area (TPSA) is 137 Å². The van der Waals surface area contributed by atoms with E-state index in [-0.39, 0.29) is 37.4 Å². The third kappa shape index (κ3) is 6.39. The summed E-state index contributed by atoms with van der Waals surface area (Å²) >= 11 is 0. The SMILES string of the molecule is O=C1CCC(N2Cc3cc(CNC(=O)Nc4ccc(OCC5CCC(CO)CC5)cc4)ccc3C2=O)C(=O)N1. The zero-order valence-corrected chi connectivity index (χ0v) is 21.8. The monoisotopic (exact) mass is 534 g/mol. The van der Waals surface area contributed by atoms with Crippen molar-refractivity contribution in [3.8, 4) is 5.75 Å². The number of aliphatic hydroxyl groups excluding tert-OH is 1. The first-order valence-corrected chi connectivity index (χ1v) is 13.5. The lowest BCUT2D eigenvalue weighted by Gasteiger charge is -2.29. The molecule has 0 spiro atoms. The van der Waals surface area contributed by atoms with Gasteiger partial charge >= 0.3 is 6.03 Å². The highest BCUT2D eigenvalue weighted by atomic mass is 16.5. The van der Waals surface area contributed by atoms with Crippen LogP contribution in [0.3, 0.4) is 0 Å². The van der Waals surface area contributed by atoms with Crippen molar-refractivity contribution in [3.05, 3.63) is 59.2 Å². The predicted molar refractivity (Wildman–Crippen MR) is 143 cm³/mol. The van der Waals surface area contributed by atoms with E-state index in [0.29, 0.717) is 42.7 Å². The molecular weight excluding hydrogens is 500 g/mol. The minimum absolute atomic E-state index is 0.212. The Balaban J connectivity index is 1.08. The number of amides is 5. The molecule has 206 valence electrons. The van der Waals surface area contributed by atoms with Gasteiger partial charge < -0.3 is 25.4 Å². The van der Waals surface area contributed by atoms with Gasteiger partial charge in [-0.3, -0.25) is 19.7 Å². The zero-order chi connectivity index (χ0) is 27.4. The highest BCUT2D eigenvalue weighted by Crippen LogP contribution is 2.30. The van der Waals surface area contributed by atoms with Crippen LogP contribution in [0.15, 0.2) is 42.5 Å². The first-order chi connectivity index (χ1) is 18.9. The van der Waals surface area contributed by atoms with Gasteiger partial charge in [0.2, 0.25) is 11.8 Å². The Bertz CT molecular complexity index is 1240. The molecule has 2 aromatic rings. The number of aliphatic hydroxyl groups is 1. The van der Waals surface area contributed by atoms with Gasteiger partial charge in [-0.1, -0.05) is 12.1 Å². The van der Waals surface area contributed by atoms with Crippen LogP contribution in [0.4, 0.5) is 10.5 Å². The Labute approximate surface area is 227 Å². The van der Waals surface area contributed by atoms with Crippen molar-refractivity contribution in [3.63, 3.8) is 0 Å². The molecule has 10 nitrogen and oxygen atoms in total. The molecule has 2 aromatic carbocycles. The number of fused-ring (bicyclic) bond motifs is 1. The highest BCUT2D eigenvalue weighted by Gasteiger charge is 2.39. The van der Waals surface area contributed by atoms with Crippen molar-refractivity contribution in [2.24, 2.45) is 11.8 Å². The number of rotatable bonds is 8. The van der Waals surface area contributed by atoms with E-state index in [1.165, 1.54) is 4.90 Å². The lowest BCUT2D eigenvalue weighted by Crippen LogP contribution is -2.52. The van der Waals surface area contributed by atoms with E-state index in [0.717, 1.165) is 42.6 Å². The normalized spacial score (nSPS) is 22.7. The van der Waals surface area contributed by atoms with Gasteiger partial charge in [-0.05, 0) is 85.4 Å². The molecule has 1 atom stereocenters. The number of carbonyl (C=O) groups is 4. The largest absolute Gasteiger partial charge is 0.493 e. The maximum absolute atomic E-state index is 12.8. The summed E-state index contributed by atoms with van der Waals surface area (Å²) in [6.45, 7) is 1.49. The van der Waals surface area contributed by atoms with Crippen LogP contribution >= 0.6 is 0 Å². The fraction of sp³-hybridized carbons (Fsp3) is 0.448. The van der Waals surface area contributed by atoms with Crippen molar-refractivity contribution in [1.82, 2.24) is 15.5 Å². The third-order valence-corrected chi connectivity index (χ3v) is 7.86. The standard InChI is InChI=1S/C29H34N4O6/c34-16-18-1-3-19(4-2-18)17-39-23-8-6-22(7-9-23)31-29(38)30-14-20-5-10-24-21(13-20)15-33(28(24)37)25-11-12-26(35)32-27(25)36/h5-10,13,18-19,25,34H,1-4,11-12,14-17H2,(H2,30,31,38)(H,32,35,36). The predicted octanol–water partition coefficient (Wildman–Crippen LogP) is 2.95. The van der Waals surface area contributed by atoms with Crippen LogP contribution in [0.25, 0.3) is 0 Å². The second kappa shape index (κ2) is 11.9. The Morgan fingerprint density at radius 2 is 1.74 bits per heavy atom. The van der Waals surface area contributed by atoms with E-state index in [9.17, 15) is 24.3 Å². The van der Waals surface area contributed by atoms with Crippen LogP contribution in [-0.4, -0.2) is 53.0 Å². The average molecular weight is 535 g/mol. The fourth-order valence-electron chi connectivity index (χ4n) is 5.52. The number of hydrogen-bond acceptors (Lipinski definition) is 6. The van der Waals surface area contributed by atoms with Crippen molar-refractivity contribution in [2.75, 3.05) is 18.5 Å². The second-order valence-corrected chi connectivity index (χ2v) is 10.6. The fourth-order valence-corrected chi connectivity index (χ4v) is 5.52. The number of piperidine rings is 1. The molecular formula is C29H34N4O6. The number of hydrogen-bond donors (Lipinski definition) is 4. The van der Waals surface area contributed by atoms with Gasteiger partial charge in [-0.2, -0.15) is 0 Å². The van der Waals surface area contributed by atoms with Crippen molar-refractivity contribution in [1.29, 1.82) is 0 Å². The Kier molecular flexibility index (Phi) is 8.11. The number of nitrogens with zero attached hydrogens (tertiary/aromatic N) is 1. The van der Waals surface area contributed by atoms with E-state index in [4.69, 9.17) is 4.74 Å². The molecule has 0 radical (unpaired) electrons. The van der Waals surface area contributed by atoms with Gasteiger partial charge in [0, 0.05) is 37.4 Å². The van der Waals surface area contributed by atoms with E-state index in [2.05, 4.69) is 16.0 Å². The van der Waals surface area contributed by atoms with Crippen molar-refractivity contribution < 1.29 is 29.0 Å². The molecule has 1 unspecified atom stereocenters. The molecule has 1 saturated heterocycles. The lowest BCUT2D eigenvalue weighted by molar-refractivity contribution is -0.136. The van der Waals surface area contributed by atoms with Crippen LogP contribution in [0, 0.1) is 11.8 Å². The first-order valence-electron chi connectivity index (χ1n) is 13.5. The number of ether oxygens (including phenoxy) is 1. The third-order valence-electron chi connectivity index (χ3n) is 7.86. The van der Waals surface area contributed by atoms with Crippen LogP contribution in [-0.2, 0) is 22.7 Å². The number of benzene rings is 2. The van der Waals surface area contributed by atoms with Gasteiger partial charge in [0.25, 0.3) is 5.91 Å². The van der Waals surface area contributed by atoms with Crippen LogP contribution in [0.2, 0.25) is 0 Å². The molecule has 4 N–H and O–H groups in total. The van der Waals surface area contributed by atoms with Gasteiger partial charge in [0.05, 0.1) is 6.61 Å². The smallest absolute Gasteiger partial charge is 0.319 e. The summed E-state index contributed by atoms with van der Waals surface area (Å²) in [5.41, 5.74) is 2.80. The lowest BCUT2D eigenvalue weighted by atomic mass is 9.83. The molecule has 2 fully saturated rings. The summed E-state index contributed by atoms with van der Waals surface area (Å²) in [6, 6.07) is 11.6. The number of anilines is 1. The van der Waals surface area contributed by atoms with Gasteiger partial charge in [0.1, 0.15) is 11.8 Å². The van der Waals surface area contributed by atoms with E-state index >= 15 is 0 Å². The van der Waals surface area contributed by atoms with Crippen LogP contribution in [0.5, 0.6) is 5.75 Å². The number of carbonyl (C=O) groups excluding carboxylic acids is 4. The van der Waals surface area contributed by atoms with Crippen LogP contribution in [0.1, 0.15) is 60.0 Å². The molecule has 2 aliphatic heterocycles. The molecule has 2 heterocycles. The molecule has 5 rings (SSSR count). The summed E-state index contributed by atoms with van der Waals surface area (Å²) < 4.78 is 5.93. The minimum Gasteiger partial charge on any atom is -0.493 e. The second-order valence-electron chi connectivity index (χ2n) is 10.6. The van der Waals surface area contributed by atoms with E-state index < -0.39 is 11.9 Å². The van der Waals surface area contributed by atoms with Crippen molar-refractivity contribution in [2.45, 2.75) is 57.7 Å². The summed E-state index contributed by atoms with van der Waals surface area (Å²) in [7, 11) is 0. The molecule has 1 aliphatic carbocycles. The molecule has 10 heteroatoms. The number of nitrogens with one attached hydrogen (secondary N) is 3. The quantitative estimate of drug-likeness (QED) is 0.385. The summed E-state index contributed by atoms with van der Waals surface area (Å²) in [5, 5.41) is 17.2. The number of urea groups is 1. The Hall–Kier alpha value is -3.92. The first kappa shape index (κ1) is 26.7. The maximum Gasteiger partial charge on any atom is 0.319 e. The maximum atomic E-state index is 12.8. The highest BCUT2D eigenvalue weighted by molar-refractivity contribution is 6.05. The molecule has 5 amide bonds. The van der Waals surface area contributed by atoms with Gasteiger partial charge in [0.15, 0.2) is 0 Å². The van der Waals surface area contributed by atoms with Crippen molar-refractivity contribution >= 4 is 29.4 Å². The molecule has 1 saturated carbocycles. The molecule has 0 aromatic heterocycles. The van der Waals surface area contributed by atoms with E-state index in [1.54, 1.807) is 24.3 Å². The zero-order valence-electron chi connectivity index (χ0n) is 21.8. The molecule has 39 heavy (non-hydrogen) atoms. The molecule has 3 aliphatic rings. The molecule has 0 bridgehead atoms. The summed E-state index contributed by atoms with van der Waals surface area (Å²) in [6.07, 6.45) is 4.77. The average Bonchev–Trinajstić information content (AvgIpc) is 3.27. The van der Waals surface area contributed by atoms with Gasteiger partial charge in [-0.15, -0.1) is 0 Å². The minimum atomic E-state index is -0.654. The summed E-state index contributed by atoms with van der Waals surface area (Å²) in [5.74, 6) is 0.715. The number of imide groups is 1. The Morgan fingerprint density at radius 1 is 1.00 bits per heavy atom. The summed E-state index contributed by atoms with van der Waals surface area (Å²) in [4.78, 5) is 50.5. The van der Waals surface area contributed by atoms with E-state index in [1.807, 2.05) is 18.2 Å². The Morgan fingerprint density at radius 3 is 2.46 bits per heavy atom. The van der Waals surface area contributed by atoms with Gasteiger partial charge in [-0.25, -0.2) is 4.79 Å². The van der Waals surface area contributed by atoms with Crippen LogP contribution < -0.4 is 20.7 Å².